The maximum atomic E-state index is 6.83. The van der Waals surface area contributed by atoms with Gasteiger partial charge in [0.15, 0.2) is 0 Å². The first-order valence-electron chi connectivity index (χ1n) is 13.3. The van der Waals surface area contributed by atoms with Gasteiger partial charge in [0.2, 0.25) is 0 Å². The summed E-state index contributed by atoms with van der Waals surface area (Å²) in [5, 5.41) is 0. The second-order valence-corrected chi connectivity index (χ2v) is 10.6. The van der Waals surface area contributed by atoms with Gasteiger partial charge in [0.05, 0.1) is 77.3 Å². The molecular weight excluding hydrogens is 424 g/mol. The third-order valence-corrected chi connectivity index (χ3v) is 8.49. The summed E-state index contributed by atoms with van der Waals surface area (Å²) in [6.07, 6.45) is 6.10. The molecule has 0 unspecified atom stereocenters. The van der Waals surface area contributed by atoms with Crippen molar-refractivity contribution in [2.24, 2.45) is 11.8 Å². The van der Waals surface area contributed by atoms with Crippen LogP contribution >= 0.6 is 0 Å². The van der Waals surface area contributed by atoms with Gasteiger partial charge in [-0.05, 0) is 43.9 Å². The molecule has 4 aliphatic carbocycles. The van der Waals surface area contributed by atoms with E-state index in [1.165, 1.54) is 32.1 Å². The highest BCUT2D eigenvalue weighted by atomic mass is 16.6. The predicted molar refractivity (Wildman–Crippen MR) is 124 cm³/mol. The second-order valence-electron chi connectivity index (χ2n) is 10.6. The lowest BCUT2D eigenvalue weighted by Crippen LogP contribution is -2.51. The molecule has 0 aromatic carbocycles. The lowest BCUT2D eigenvalue weighted by atomic mass is 9.81. The van der Waals surface area contributed by atoms with Crippen molar-refractivity contribution in [1.29, 1.82) is 0 Å². The van der Waals surface area contributed by atoms with E-state index in [1.54, 1.807) is 0 Å². The summed E-state index contributed by atoms with van der Waals surface area (Å²) in [6.45, 7) is 12.3. The first-order valence-corrected chi connectivity index (χ1v) is 13.3. The molecule has 0 atom stereocenters. The third-order valence-electron chi connectivity index (χ3n) is 8.49. The lowest BCUT2D eigenvalue weighted by molar-refractivity contribution is -0.179. The van der Waals surface area contributed by atoms with Crippen LogP contribution in [0.1, 0.15) is 32.1 Å². The van der Waals surface area contributed by atoms with Gasteiger partial charge in [-0.1, -0.05) is 0 Å². The zero-order chi connectivity index (χ0) is 22.4. The highest BCUT2D eigenvalue weighted by Crippen LogP contribution is 2.65. The van der Waals surface area contributed by atoms with E-state index in [-0.39, 0.29) is 11.2 Å². The highest BCUT2D eigenvalue weighted by molar-refractivity contribution is 5.20. The number of fused-ring (bicyclic) bond motifs is 18. The van der Waals surface area contributed by atoms with Crippen molar-refractivity contribution in [3.8, 4) is 0 Å². The number of hydrogen-bond acceptors (Lipinski definition) is 8. The van der Waals surface area contributed by atoms with Crippen LogP contribution in [0.15, 0.2) is 0 Å². The van der Waals surface area contributed by atoms with E-state index in [9.17, 15) is 0 Å². The molecule has 7 fully saturated rings. The Hall–Kier alpha value is -0.320. The van der Waals surface area contributed by atoms with E-state index >= 15 is 0 Å². The van der Waals surface area contributed by atoms with E-state index < -0.39 is 0 Å². The van der Waals surface area contributed by atoms with Crippen molar-refractivity contribution in [2.75, 3.05) is 105 Å². The van der Waals surface area contributed by atoms with E-state index in [2.05, 4.69) is 9.80 Å². The maximum absolute atomic E-state index is 6.83. The Morgan fingerprint density at radius 3 is 1.12 bits per heavy atom. The van der Waals surface area contributed by atoms with Gasteiger partial charge in [-0.3, -0.25) is 9.80 Å². The fourth-order valence-corrected chi connectivity index (χ4v) is 7.05. The SMILES string of the molecule is C1COCCN2CCOCCOCCN(CCO1)CCOC13CC4CC(C1)CC3(C4)OCC2. The number of hydrogen-bond donors (Lipinski definition) is 0. The topological polar surface area (TPSA) is 61.9 Å². The fourth-order valence-electron chi connectivity index (χ4n) is 7.05. The molecule has 2 spiro atoms. The minimum Gasteiger partial charge on any atom is -0.378 e. The van der Waals surface area contributed by atoms with Crippen LogP contribution in [0.3, 0.4) is 0 Å². The van der Waals surface area contributed by atoms with Crippen molar-refractivity contribution in [2.45, 2.75) is 43.3 Å². The van der Waals surface area contributed by atoms with Gasteiger partial charge in [0.25, 0.3) is 0 Å². The average Bonchev–Trinajstić information content (AvgIpc) is 3.13. The zero-order valence-corrected chi connectivity index (χ0v) is 20.3. The molecule has 33 heavy (non-hydrogen) atoms. The van der Waals surface area contributed by atoms with Gasteiger partial charge in [-0.15, -0.1) is 0 Å². The standard InChI is InChI=1S/C25H44N2O6/c1-7-28-13-14-30-9-3-27-4-10-31-16-15-29-8-2-26(1)5-11-32-24-18-22-17-23(19-24)21-25(24,20-22)33-12-6-27/h22-23H,1-21H2. The van der Waals surface area contributed by atoms with Crippen LogP contribution in [0.2, 0.25) is 0 Å². The van der Waals surface area contributed by atoms with Gasteiger partial charge < -0.3 is 28.4 Å². The van der Waals surface area contributed by atoms with Crippen LogP contribution in [0.4, 0.5) is 0 Å². The molecule has 3 aliphatic heterocycles. The maximum Gasteiger partial charge on any atom is 0.0976 e. The molecule has 7 rings (SSSR count). The minimum atomic E-state index is -0.0762. The molecule has 7 aliphatic rings. The second kappa shape index (κ2) is 11.6. The summed E-state index contributed by atoms with van der Waals surface area (Å²) in [5.74, 6) is 1.55. The number of nitrogens with zero attached hydrogens (tertiary/aromatic N) is 2. The molecule has 0 radical (unpaired) electrons. The molecule has 0 aromatic rings. The molecule has 3 saturated heterocycles. The van der Waals surface area contributed by atoms with Crippen LogP contribution in [-0.2, 0) is 28.4 Å². The van der Waals surface area contributed by atoms with Crippen LogP contribution < -0.4 is 0 Å². The van der Waals surface area contributed by atoms with Crippen molar-refractivity contribution >= 4 is 0 Å². The summed E-state index contributed by atoms with van der Waals surface area (Å²) in [7, 11) is 0. The van der Waals surface area contributed by atoms with E-state index in [4.69, 9.17) is 28.4 Å². The Morgan fingerprint density at radius 1 is 0.424 bits per heavy atom. The van der Waals surface area contributed by atoms with Gasteiger partial charge in [-0.2, -0.15) is 0 Å². The van der Waals surface area contributed by atoms with E-state index in [0.717, 1.165) is 64.3 Å². The molecule has 3 heterocycles. The monoisotopic (exact) mass is 468 g/mol. The Balaban J connectivity index is 1.30. The number of ether oxygens (including phenoxy) is 6. The molecule has 8 nitrogen and oxygen atoms in total. The van der Waals surface area contributed by atoms with Gasteiger partial charge in [0.1, 0.15) is 0 Å². The Kier molecular flexibility index (Phi) is 8.58. The highest BCUT2D eigenvalue weighted by Gasteiger charge is 2.68. The van der Waals surface area contributed by atoms with Crippen molar-refractivity contribution in [1.82, 2.24) is 9.80 Å². The van der Waals surface area contributed by atoms with Crippen molar-refractivity contribution < 1.29 is 28.4 Å². The molecule has 8 heteroatoms. The smallest absolute Gasteiger partial charge is 0.0976 e. The Morgan fingerprint density at radius 2 is 0.758 bits per heavy atom. The lowest BCUT2D eigenvalue weighted by Gasteiger charge is -2.41. The molecule has 0 N–H and O–H groups in total. The normalized spacial score (nSPS) is 44.4. The van der Waals surface area contributed by atoms with Crippen LogP contribution in [0.5, 0.6) is 0 Å². The minimum absolute atomic E-state index is 0.0762. The van der Waals surface area contributed by atoms with Crippen LogP contribution in [-0.4, -0.2) is 126 Å². The first-order chi connectivity index (χ1) is 16.3. The Bertz CT molecular complexity index is 525. The molecule has 6 bridgehead atoms. The first kappa shape index (κ1) is 24.4. The summed E-state index contributed by atoms with van der Waals surface area (Å²) >= 11 is 0. The molecule has 190 valence electrons. The molecule has 0 amide bonds. The van der Waals surface area contributed by atoms with E-state index in [0.29, 0.717) is 52.9 Å². The van der Waals surface area contributed by atoms with Gasteiger partial charge >= 0.3 is 0 Å². The van der Waals surface area contributed by atoms with Crippen molar-refractivity contribution in [3.63, 3.8) is 0 Å². The van der Waals surface area contributed by atoms with Gasteiger partial charge in [0, 0.05) is 39.3 Å². The molecular formula is C25H44N2O6. The molecule has 0 aromatic heterocycles. The summed E-state index contributed by atoms with van der Waals surface area (Å²) in [5.41, 5.74) is -0.152. The fraction of sp³-hybridized carbons (Fsp3) is 1.00. The van der Waals surface area contributed by atoms with Gasteiger partial charge in [-0.25, -0.2) is 0 Å². The Labute approximate surface area is 199 Å². The van der Waals surface area contributed by atoms with Crippen LogP contribution in [0, 0.1) is 11.8 Å². The molecule has 4 saturated carbocycles. The average molecular weight is 469 g/mol. The summed E-state index contributed by atoms with van der Waals surface area (Å²) in [4.78, 5) is 4.82. The summed E-state index contributed by atoms with van der Waals surface area (Å²) < 4.78 is 37.1. The van der Waals surface area contributed by atoms with E-state index in [1.807, 2.05) is 0 Å². The third kappa shape index (κ3) is 5.92. The quantitative estimate of drug-likeness (QED) is 0.529. The zero-order valence-electron chi connectivity index (χ0n) is 20.3. The largest absolute Gasteiger partial charge is 0.378 e. The predicted octanol–water partition coefficient (Wildman–Crippen LogP) is 1.42. The number of rotatable bonds is 0. The summed E-state index contributed by atoms with van der Waals surface area (Å²) in [6, 6.07) is 0. The van der Waals surface area contributed by atoms with Crippen LogP contribution in [0.25, 0.3) is 0 Å². The van der Waals surface area contributed by atoms with Crippen molar-refractivity contribution in [3.05, 3.63) is 0 Å².